The SMILES string of the molecule is CC[N+](CC)(CC)N=C=N. The summed E-state index contributed by atoms with van der Waals surface area (Å²) in [6, 6.07) is 2.11. The predicted molar refractivity (Wildman–Crippen MR) is 42.0 cm³/mol. The summed E-state index contributed by atoms with van der Waals surface area (Å²) in [4.78, 5) is 0. The number of quaternary nitrogens is 1. The largest absolute Gasteiger partial charge is 0.237 e. The minimum absolute atomic E-state index is 0.628. The van der Waals surface area contributed by atoms with Crippen LogP contribution >= 0.6 is 0 Å². The van der Waals surface area contributed by atoms with Crippen LogP contribution in [0.15, 0.2) is 5.10 Å². The highest BCUT2D eigenvalue weighted by molar-refractivity contribution is 5.34. The Bertz CT molecular complexity index is 124. The number of nitrogens with zero attached hydrogens (tertiary/aromatic N) is 2. The van der Waals surface area contributed by atoms with E-state index in [1.54, 1.807) is 0 Å². The maximum atomic E-state index is 6.74. The lowest BCUT2D eigenvalue weighted by molar-refractivity contribution is -0.929. The van der Waals surface area contributed by atoms with E-state index in [9.17, 15) is 0 Å². The normalized spacial score (nSPS) is 10.7. The zero-order valence-electron chi connectivity index (χ0n) is 7.02. The zero-order chi connectivity index (χ0) is 8.04. The topological polar surface area (TPSA) is 36.2 Å². The summed E-state index contributed by atoms with van der Waals surface area (Å²) in [7, 11) is 0. The molecule has 0 aliphatic rings. The van der Waals surface area contributed by atoms with E-state index >= 15 is 0 Å². The lowest BCUT2D eigenvalue weighted by Gasteiger charge is -2.25. The minimum atomic E-state index is 0.628. The molecular weight excluding hydrogens is 126 g/mol. The first-order chi connectivity index (χ1) is 4.74. The molecule has 0 unspecified atom stereocenters. The molecule has 58 valence electrons. The summed E-state index contributed by atoms with van der Waals surface area (Å²) in [5.41, 5.74) is 0. The van der Waals surface area contributed by atoms with Gasteiger partial charge in [-0.15, -0.1) is 0 Å². The van der Waals surface area contributed by atoms with Crippen LogP contribution < -0.4 is 0 Å². The Hall–Kier alpha value is -0.660. The first-order valence-corrected chi connectivity index (χ1v) is 3.74. The van der Waals surface area contributed by atoms with Gasteiger partial charge in [0.25, 0.3) is 0 Å². The Morgan fingerprint density at radius 2 is 1.60 bits per heavy atom. The van der Waals surface area contributed by atoms with E-state index in [4.69, 9.17) is 5.41 Å². The van der Waals surface area contributed by atoms with Gasteiger partial charge in [-0.2, -0.15) is 4.59 Å². The Morgan fingerprint density at radius 3 is 1.70 bits per heavy atom. The Morgan fingerprint density at radius 1 is 1.20 bits per heavy atom. The minimum Gasteiger partial charge on any atom is -0.237 e. The van der Waals surface area contributed by atoms with Crippen molar-refractivity contribution in [1.82, 2.24) is 0 Å². The number of nitrogens with one attached hydrogen (secondary N) is 1. The van der Waals surface area contributed by atoms with E-state index in [2.05, 4.69) is 31.9 Å². The standard InChI is InChI=1S/C7H16N3/c1-4-10(5-2,6-3)9-7-8/h8H,4-6H2,1-3H3/q+1. The van der Waals surface area contributed by atoms with Gasteiger partial charge in [-0.1, -0.05) is 0 Å². The van der Waals surface area contributed by atoms with E-state index < -0.39 is 0 Å². The molecule has 0 aromatic rings. The molecule has 0 bridgehead atoms. The number of hydrogen-bond donors (Lipinski definition) is 1. The average molecular weight is 142 g/mol. The summed E-state index contributed by atoms with van der Waals surface area (Å²) >= 11 is 0. The van der Waals surface area contributed by atoms with Crippen LogP contribution in [0.2, 0.25) is 0 Å². The van der Waals surface area contributed by atoms with Crippen molar-refractivity contribution < 1.29 is 4.59 Å². The number of hydrogen-bond acceptors (Lipinski definition) is 2. The predicted octanol–water partition coefficient (Wildman–Crippen LogP) is 1.53. The van der Waals surface area contributed by atoms with E-state index in [0.29, 0.717) is 4.59 Å². The smallest absolute Gasteiger partial charge is 0.150 e. The van der Waals surface area contributed by atoms with Crippen molar-refractivity contribution in [3.63, 3.8) is 0 Å². The Balaban J connectivity index is 4.29. The van der Waals surface area contributed by atoms with E-state index in [0.717, 1.165) is 19.6 Å². The van der Waals surface area contributed by atoms with Crippen LogP contribution in [0.5, 0.6) is 0 Å². The van der Waals surface area contributed by atoms with Crippen molar-refractivity contribution in [2.45, 2.75) is 20.8 Å². The monoisotopic (exact) mass is 142 g/mol. The van der Waals surface area contributed by atoms with Crippen molar-refractivity contribution in [2.24, 2.45) is 5.10 Å². The first kappa shape index (κ1) is 9.34. The maximum absolute atomic E-state index is 6.74. The van der Waals surface area contributed by atoms with E-state index in [-0.39, 0.29) is 0 Å². The Kier molecular flexibility index (Phi) is 3.93. The zero-order valence-corrected chi connectivity index (χ0v) is 7.02. The van der Waals surface area contributed by atoms with Gasteiger partial charge < -0.3 is 0 Å². The summed E-state index contributed by atoms with van der Waals surface area (Å²) in [6.07, 6.45) is 0. The van der Waals surface area contributed by atoms with E-state index in [1.807, 2.05) is 0 Å². The lowest BCUT2D eigenvalue weighted by Crippen LogP contribution is -2.41. The molecule has 0 aromatic carbocycles. The molecule has 0 spiro atoms. The highest BCUT2D eigenvalue weighted by atomic mass is 15.6. The van der Waals surface area contributed by atoms with Crippen LogP contribution in [-0.2, 0) is 0 Å². The van der Waals surface area contributed by atoms with Gasteiger partial charge in [0.2, 0.25) is 0 Å². The van der Waals surface area contributed by atoms with Gasteiger partial charge in [-0.3, -0.25) is 0 Å². The van der Waals surface area contributed by atoms with Gasteiger partial charge in [0.05, 0.1) is 0 Å². The third-order valence-corrected chi connectivity index (χ3v) is 2.03. The molecule has 0 atom stereocenters. The molecule has 0 heterocycles. The van der Waals surface area contributed by atoms with Crippen molar-refractivity contribution in [3.8, 4) is 0 Å². The second-order valence-corrected chi connectivity index (χ2v) is 2.26. The average Bonchev–Trinajstić information content (AvgIpc) is 2.01. The van der Waals surface area contributed by atoms with Crippen molar-refractivity contribution in [1.29, 1.82) is 5.41 Å². The molecular formula is C7H16N3+. The molecule has 3 heteroatoms. The second-order valence-electron chi connectivity index (χ2n) is 2.26. The molecule has 0 radical (unpaired) electrons. The molecule has 0 amide bonds. The van der Waals surface area contributed by atoms with Gasteiger partial charge in [0, 0.05) is 0 Å². The maximum Gasteiger partial charge on any atom is 0.150 e. The fourth-order valence-corrected chi connectivity index (χ4v) is 0.989. The second kappa shape index (κ2) is 4.20. The van der Waals surface area contributed by atoms with Crippen LogP contribution in [0.4, 0.5) is 0 Å². The van der Waals surface area contributed by atoms with Gasteiger partial charge in [-0.05, 0) is 25.9 Å². The molecule has 0 aliphatic carbocycles. The van der Waals surface area contributed by atoms with Crippen molar-refractivity contribution in [2.75, 3.05) is 19.6 Å². The van der Waals surface area contributed by atoms with Crippen LogP contribution in [0, 0.1) is 5.41 Å². The fraction of sp³-hybridized carbons (Fsp3) is 0.857. The molecule has 0 aliphatic heterocycles. The van der Waals surface area contributed by atoms with Crippen LogP contribution in [0.25, 0.3) is 0 Å². The molecule has 0 aromatic heterocycles. The molecule has 3 nitrogen and oxygen atoms in total. The van der Waals surface area contributed by atoms with Crippen LogP contribution in [0.1, 0.15) is 20.8 Å². The molecule has 0 fully saturated rings. The highest BCUT2D eigenvalue weighted by Gasteiger charge is 2.18. The summed E-state index contributed by atoms with van der Waals surface area (Å²) in [5.74, 6) is 0. The highest BCUT2D eigenvalue weighted by Crippen LogP contribution is 2.04. The third kappa shape index (κ3) is 1.94. The van der Waals surface area contributed by atoms with Gasteiger partial charge in [0.1, 0.15) is 25.6 Å². The summed E-state index contributed by atoms with van der Waals surface area (Å²) < 4.78 is 0.628. The summed E-state index contributed by atoms with van der Waals surface area (Å²) in [5, 5.41) is 10.7. The van der Waals surface area contributed by atoms with Gasteiger partial charge in [0.15, 0.2) is 0 Å². The van der Waals surface area contributed by atoms with E-state index in [1.165, 1.54) is 0 Å². The van der Waals surface area contributed by atoms with Gasteiger partial charge >= 0.3 is 0 Å². The Labute approximate surface area is 62.4 Å². The fourth-order valence-electron chi connectivity index (χ4n) is 0.989. The third-order valence-electron chi connectivity index (χ3n) is 2.03. The van der Waals surface area contributed by atoms with Crippen molar-refractivity contribution >= 4 is 6.01 Å². The van der Waals surface area contributed by atoms with Crippen LogP contribution in [-0.4, -0.2) is 30.2 Å². The van der Waals surface area contributed by atoms with Crippen molar-refractivity contribution in [3.05, 3.63) is 0 Å². The molecule has 0 saturated carbocycles. The molecule has 0 saturated heterocycles. The quantitative estimate of drug-likeness (QED) is 0.351. The lowest BCUT2D eigenvalue weighted by atomic mass is 10.4. The summed E-state index contributed by atoms with van der Waals surface area (Å²) in [6.45, 7) is 9.06. The van der Waals surface area contributed by atoms with Gasteiger partial charge in [-0.25, -0.2) is 5.41 Å². The molecule has 0 rings (SSSR count). The first-order valence-electron chi connectivity index (χ1n) is 3.74. The van der Waals surface area contributed by atoms with Crippen LogP contribution in [0.3, 0.4) is 0 Å². The molecule has 1 N–H and O–H groups in total. The molecule has 10 heavy (non-hydrogen) atoms. The number of rotatable bonds is 4.